The van der Waals surface area contributed by atoms with Gasteiger partial charge in [-0.15, -0.1) is 6.42 Å². The molecule has 0 aliphatic heterocycles. The van der Waals surface area contributed by atoms with Gasteiger partial charge < -0.3 is 10.3 Å². The molecule has 3 rings (SSSR count). The van der Waals surface area contributed by atoms with Gasteiger partial charge in [-0.3, -0.25) is 0 Å². The summed E-state index contributed by atoms with van der Waals surface area (Å²) >= 11 is 0. The summed E-state index contributed by atoms with van der Waals surface area (Å²) < 4.78 is 2.04. The summed E-state index contributed by atoms with van der Waals surface area (Å²) in [6.07, 6.45) is 11.2. The van der Waals surface area contributed by atoms with E-state index in [4.69, 9.17) is 17.1 Å². The molecule has 1 aromatic carbocycles. The number of rotatable bonds is 4. The average Bonchev–Trinajstić information content (AvgIpc) is 3.12. The molecule has 0 bridgehead atoms. The van der Waals surface area contributed by atoms with Crippen LogP contribution in [0, 0.1) is 12.3 Å². The molecule has 0 saturated heterocycles. The average molecular weight is 279 g/mol. The van der Waals surface area contributed by atoms with Crippen molar-refractivity contribution in [2.45, 2.75) is 44.6 Å². The van der Waals surface area contributed by atoms with Crippen molar-refractivity contribution in [3.05, 3.63) is 47.4 Å². The molecule has 0 radical (unpaired) electrons. The largest absolute Gasteiger partial charge is 0.384 e. The first-order valence-electron chi connectivity index (χ1n) is 7.61. The maximum Gasteiger partial charge on any atom is 0.128 e. The third kappa shape index (κ3) is 2.80. The van der Waals surface area contributed by atoms with Gasteiger partial charge >= 0.3 is 0 Å². The van der Waals surface area contributed by atoms with Crippen molar-refractivity contribution in [2.24, 2.45) is 0 Å². The van der Waals surface area contributed by atoms with Crippen molar-refractivity contribution in [1.82, 2.24) is 9.55 Å². The van der Waals surface area contributed by atoms with E-state index >= 15 is 0 Å². The van der Waals surface area contributed by atoms with Gasteiger partial charge in [-0.25, -0.2) is 4.98 Å². The van der Waals surface area contributed by atoms with E-state index in [0.29, 0.717) is 12.5 Å². The summed E-state index contributed by atoms with van der Waals surface area (Å²) in [7, 11) is 0. The molecule has 2 aromatic rings. The fourth-order valence-electron chi connectivity index (χ4n) is 3.21. The zero-order valence-corrected chi connectivity index (χ0v) is 12.3. The molecule has 1 aliphatic rings. The summed E-state index contributed by atoms with van der Waals surface area (Å²) in [4.78, 5) is 4.85. The molecule has 1 aliphatic carbocycles. The molecule has 1 fully saturated rings. The Kier molecular flexibility index (Phi) is 3.96. The van der Waals surface area contributed by atoms with Crippen molar-refractivity contribution in [2.75, 3.05) is 5.73 Å². The normalized spacial score (nSPS) is 15.2. The monoisotopic (exact) mass is 279 g/mol. The van der Waals surface area contributed by atoms with E-state index in [1.54, 1.807) is 0 Å². The first kappa shape index (κ1) is 13.8. The van der Waals surface area contributed by atoms with Crippen LogP contribution in [0.15, 0.2) is 30.3 Å². The van der Waals surface area contributed by atoms with Crippen molar-refractivity contribution in [3.63, 3.8) is 0 Å². The Balaban J connectivity index is 1.94. The van der Waals surface area contributed by atoms with Gasteiger partial charge in [-0.1, -0.05) is 49.1 Å². The van der Waals surface area contributed by atoms with Crippen LogP contribution in [0.2, 0.25) is 0 Å². The van der Waals surface area contributed by atoms with Crippen molar-refractivity contribution in [1.29, 1.82) is 0 Å². The summed E-state index contributed by atoms with van der Waals surface area (Å²) in [5.74, 6) is 5.05. The predicted molar refractivity (Wildman–Crippen MR) is 85.9 cm³/mol. The smallest absolute Gasteiger partial charge is 0.128 e. The Hall–Kier alpha value is -2.21. The van der Waals surface area contributed by atoms with Crippen LogP contribution in [0.4, 0.5) is 5.82 Å². The number of nitrogens with zero attached hydrogens (tertiary/aromatic N) is 2. The van der Waals surface area contributed by atoms with Crippen molar-refractivity contribution >= 4 is 5.82 Å². The standard InChI is InChI=1S/C18H21N3/c1-2-12-21-17(19)16(13-14-8-4-3-5-9-14)20-18(21)15-10-6-7-11-15/h1,3-5,8-9,15H,6-7,10-13,19H2. The minimum absolute atomic E-state index is 0.513. The lowest BCUT2D eigenvalue weighted by molar-refractivity contribution is 0.621. The fourth-order valence-corrected chi connectivity index (χ4v) is 3.21. The second kappa shape index (κ2) is 6.05. The van der Waals surface area contributed by atoms with E-state index in [9.17, 15) is 0 Å². The summed E-state index contributed by atoms with van der Waals surface area (Å²) in [5, 5.41) is 0. The Morgan fingerprint density at radius 3 is 2.62 bits per heavy atom. The fraction of sp³-hybridized carbons (Fsp3) is 0.389. The molecule has 0 amide bonds. The van der Waals surface area contributed by atoms with Gasteiger partial charge in [0.15, 0.2) is 0 Å². The molecule has 108 valence electrons. The SMILES string of the molecule is C#CCn1c(C2CCCC2)nc(Cc2ccccc2)c1N. The highest BCUT2D eigenvalue weighted by Gasteiger charge is 2.24. The van der Waals surface area contributed by atoms with Crippen LogP contribution < -0.4 is 5.73 Å². The maximum absolute atomic E-state index is 6.31. The zero-order chi connectivity index (χ0) is 14.7. The Labute approximate surface area is 126 Å². The molecule has 0 atom stereocenters. The third-order valence-corrected chi connectivity index (χ3v) is 4.30. The number of terminal acetylenes is 1. The predicted octanol–water partition coefficient (Wildman–Crippen LogP) is 3.35. The van der Waals surface area contributed by atoms with Gasteiger partial charge in [0.25, 0.3) is 0 Å². The lowest BCUT2D eigenvalue weighted by Crippen LogP contribution is -2.09. The Morgan fingerprint density at radius 1 is 1.24 bits per heavy atom. The van der Waals surface area contributed by atoms with Crippen LogP contribution >= 0.6 is 0 Å². The Morgan fingerprint density at radius 2 is 1.95 bits per heavy atom. The minimum atomic E-state index is 0.513. The van der Waals surface area contributed by atoms with Crippen LogP contribution in [-0.2, 0) is 13.0 Å². The van der Waals surface area contributed by atoms with Crippen LogP contribution in [0.25, 0.3) is 0 Å². The number of anilines is 1. The first-order chi connectivity index (χ1) is 10.3. The van der Waals surface area contributed by atoms with Gasteiger partial charge in [0.05, 0.1) is 12.2 Å². The summed E-state index contributed by atoms with van der Waals surface area (Å²) in [6.45, 7) is 0.513. The molecular weight excluding hydrogens is 258 g/mol. The van der Waals surface area contributed by atoms with Gasteiger partial charge in [0.1, 0.15) is 11.6 Å². The van der Waals surface area contributed by atoms with E-state index in [1.165, 1.54) is 31.2 Å². The second-order valence-electron chi connectivity index (χ2n) is 5.74. The Bertz CT molecular complexity index is 643. The van der Waals surface area contributed by atoms with Gasteiger partial charge in [-0.05, 0) is 18.4 Å². The summed E-state index contributed by atoms with van der Waals surface area (Å²) in [6, 6.07) is 10.3. The molecular formula is C18H21N3. The van der Waals surface area contributed by atoms with Crippen LogP contribution in [-0.4, -0.2) is 9.55 Å². The highest BCUT2D eigenvalue weighted by Crippen LogP contribution is 2.35. The first-order valence-corrected chi connectivity index (χ1v) is 7.61. The van der Waals surface area contributed by atoms with Gasteiger partial charge in [0.2, 0.25) is 0 Å². The number of nitrogen functional groups attached to an aromatic ring is 1. The molecule has 1 heterocycles. The minimum Gasteiger partial charge on any atom is -0.384 e. The van der Waals surface area contributed by atoms with E-state index < -0.39 is 0 Å². The lowest BCUT2D eigenvalue weighted by atomic mass is 10.1. The van der Waals surface area contributed by atoms with Crippen LogP contribution in [0.3, 0.4) is 0 Å². The highest BCUT2D eigenvalue weighted by molar-refractivity contribution is 5.42. The molecule has 0 unspecified atom stereocenters. The number of nitrogens with two attached hydrogens (primary N) is 1. The molecule has 2 N–H and O–H groups in total. The van der Waals surface area contributed by atoms with Crippen molar-refractivity contribution in [3.8, 4) is 12.3 Å². The second-order valence-corrected chi connectivity index (χ2v) is 5.74. The molecule has 21 heavy (non-hydrogen) atoms. The third-order valence-electron chi connectivity index (χ3n) is 4.30. The maximum atomic E-state index is 6.31. The van der Waals surface area contributed by atoms with Crippen molar-refractivity contribution < 1.29 is 0 Å². The van der Waals surface area contributed by atoms with Crippen LogP contribution in [0.1, 0.15) is 48.7 Å². The van der Waals surface area contributed by atoms with E-state index in [-0.39, 0.29) is 0 Å². The number of aromatic nitrogens is 2. The van der Waals surface area contributed by atoms with Crippen LogP contribution in [0.5, 0.6) is 0 Å². The van der Waals surface area contributed by atoms with E-state index in [0.717, 1.165) is 23.8 Å². The number of benzene rings is 1. The zero-order valence-electron chi connectivity index (χ0n) is 12.3. The molecule has 0 spiro atoms. The topological polar surface area (TPSA) is 43.8 Å². The highest BCUT2D eigenvalue weighted by atomic mass is 15.1. The molecule has 1 aromatic heterocycles. The van der Waals surface area contributed by atoms with E-state index in [1.807, 2.05) is 22.8 Å². The van der Waals surface area contributed by atoms with Gasteiger partial charge in [-0.2, -0.15) is 0 Å². The lowest BCUT2D eigenvalue weighted by Gasteiger charge is -2.11. The number of imidazole rings is 1. The molecule has 3 nitrogen and oxygen atoms in total. The number of hydrogen-bond donors (Lipinski definition) is 1. The van der Waals surface area contributed by atoms with Gasteiger partial charge in [0, 0.05) is 12.3 Å². The summed E-state index contributed by atoms with van der Waals surface area (Å²) in [5.41, 5.74) is 8.50. The quantitative estimate of drug-likeness (QED) is 0.872. The number of hydrogen-bond acceptors (Lipinski definition) is 2. The molecule has 1 saturated carbocycles. The molecule has 3 heteroatoms. The van der Waals surface area contributed by atoms with E-state index in [2.05, 4.69) is 18.1 Å².